The fourth-order valence-electron chi connectivity index (χ4n) is 3.49. The van der Waals surface area contributed by atoms with E-state index in [-0.39, 0.29) is 29.0 Å². The molecule has 8 nitrogen and oxygen atoms in total. The minimum atomic E-state index is -0.501. The number of rotatable bonds is 5. The van der Waals surface area contributed by atoms with E-state index in [2.05, 4.69) is 30.6 Å². The molecule has 2 N–H and O–H groups in total. The third kappa shape index (κ3) is 4.40. The quantitative estimate of drug-likeness (QED) is 0.637. The fourth-order valence-corrected chi connectivity index (χ4v) is 3.67. The number of ether oxygens (including phenoxy) is 1. The van der Waals surface area contributed by atoms with E-state index in [4.69, 9.17) is 16.3 Å². The van der Waals surface area contributed by atoms with Crippen molar-refractivity contribution in [1.82, 2.24) is 25.3 Å². The summed E-state index contributed by atoms with van der Waals surface area (Å²) in [7, 11) is 1.65. The molecule has 2 heterocycles. The van der Waals surface area contributed by atoms with E-state index < -0.39 is 5.82 Å². The van der Waals surface area contributed by atoms with Crippen LogP contribution in [0.4, 0.5) is 15.9 Å². The van der Waals surface area contributed by atoms with Crippen molar-refractivity contribution in [3.05, 3.63) is 41.6 Å². The van der Waals surface area contributed by atoms with Crippen LogP contribution in [0.1, 0.15) is 25.7 Å². The van der Waals surface area contributed by atoms with Gasteiger partial charge in [-0.25, -0.2) is 19.3 Å². The Morgan fingerprint density at radius 1 is 1.20 bits per heavy atom. The first kappa shape index (κ1) is 20.2. The van der Waals surface area contributed by atoms with E-state index in [0.717, 1.165) is 25.7 Å². The number of amides is 1. The van der Waals surface area contributed by atoms with Gasteiger partial charge >= 0.3 is 6.01 Å². The van der Waals surface area contributed by atoms with Crippen molar-refractivity contribution in [2.24, 2.45) is 5.92 Å². The molecule has 0 radical (unpaired) electrons. The SMILES string of the molecule is CNC(=O)[C@H]1CC[C@H](Oc2ncc3ncnc(Nc4ccc(F)c(Cl)c4)c3n2)CC1. The highest BCUT2D eigenvalue weighted by Gasteiger charge is 2.27. The Morgan fingerprint density at radius 2 is 2.00 bits per heavy atom. The summed E-state index contributed by atoms with van der Waals surface area (Å²) in [6.45, 7) is 0. The predicted molar refractivity (Wildman–Crippen MR) is 110 cm³/mol. The zero-order chi connectivity index (χ0) is 21.1. The van der Waals surface area contributed by atoms with Crippen LogP contribution in [-0.2, 0) is 4.79 Å². The van der Waals surface area contributed by atoms with Gasteiger partial charge < -0.3 is 15.4 Å². The highest BCUT2D eigenvalue weighted by atomic mass is 35.5. The molecule has 1 aliphatic carbocycles. The molecule has 0 saturated heterocycles. The van der Waals surface area contributed by atoms with Crippen LogP contribution in [0, 0.1) is 11.7 Å². The van der Waals surface area contributed by atoms with Gasteiger partial charge in [0.15, 0.2) is 5.82 Å². The van der Waals surface area contributed by atoms with Gasteiger partial charge in [-0.15, -0.1) is 0 Å². The van der Waals surface area contributed by atoms with Gasteiger partial charge in [0, 0.05) is 18.7 Å². The molecule has 1 aromatic carbocycles. The summed E-state index contributed by atoms with van der Waals surface area (Å²) < 4.78 is 19.4. The highest BCUT2D eigenvalue weighted by molar-refractivity contribution is 6.31. The smallest absolute Gasteiger partial charge is 0.317 e. The molecule has 0 aliphatic heterocycles. The summed E-state index contributed by atoms with van der Waals surface area (Å²) in [5.74, 6) is 0.0282. The van der Waals surface area contributed by atoms with Gasteiger partial charge in [0.25, 0.3) is 0 Å². The number of benzene rings is 1. The number of hydrogen-bond donors (Lipinski definition) is 2. The number of carbonyl (C=O) groups excluding carboxylic acids is 1. The van der Waals surface area contributed by atoms with Gasteiger partial charge in [0.2, 0.25) is 5.91 Å². The van der Waals surface area contributed by atoms with Crippen LogP contribution in [0.15, 0.2) is 30.7 Å². The van der Waals surface area contributed by atoms with Crippen LogP contribution in [0.25, 0.3) is 11.0 Å². The third-order valence-corrected chi connectivity index (χ3v) is 5.39. The summed E-state index contributed by atoms with van der Waals surface area (Å²) in [5, 5.41) is 5.78. The van der Waals surface area contributed by atoms with Gasteiger partial charge in [0.05, 0.1) is 11.2 Å². The van der Waals surface area contributed by atoms with Crippen LogP contribution in [0.5, 0.6) is 6.01 Å². The Hall–Kier alpha value is -3.07. The Bertz CT molecular complexity index is 1070. The number of aromatic nitrogens is 4. The normalized spacial score (nSPS) is 18.8. The summed E-state index contributed by atoms with van der Waals surface area (Å²) in [5.41, 5.74) is 1.58. The van der Waals surface area contributed by atoms with Crippen molar-refractivity contribution in [1.29, 1.82) is 0 Å². The van der Waals surface area contributed by atoms with Crippen molar-refractivity contribution >= 4 is 40.0 Å². The molecular formula is C20H20ClFN6O2. The monoisotopic (exact) mass is 430 g/mol. The van der Waals surface area contributed by atoms with Crippen molar-refractivity contribution in [3.8, 4) is 6.01 Å². The van der Waals surface area contributed by atoms with Gasteiger partial charge in [-0.3, -0.25) is 4.79 Å². The van der Waals surface area contributed by atoms with E-state index in [9.17, 15) is 9.18 Å². The minimum absolute atomic E-state index is 0.00404. The maximum absolute atomic E-state index is 13.4. The molecule has 3 aromatic rings. The standard InChI is InChI=1S/C20H20ClFN6O2/c1-23-19(29)11-2-5-13(6-3-11)30-20-24-9-16-17(28-20)18(26-10-25-16)27-12-4-7-15(22)14(21)8-12/h4,7-11,13H,2-3,5-6H2,1H3,(H,23,29)(H,25,26,27)/t11-,13-. The first-order chi connectivity index (χ1) is 14.5. The molecule has 156 valence electrons. The number of anilines is 2. The molecule has 0 spiro atoms. The Kier molecular flexibility index (Phi) is 5.89. The lowest BCUT2D eigenvalue weighted by Crippen LogP contribution is -2.33. The molecule has 0 unspecified atom stereocenters. The number of nitrogens with one attached hydrogen (secondary N) is 2. The lowest BCUT2D eigenvalue weighted by atomic mass is 9.87. The molecule has 30 heavy (non-hydrogen) atoms. The molecule has 1 amide bonds. The van der Waals surface area contributed by atoms with Gasteiger partial charge in [-0.1, -0.05) is 11.6 Å². The van der Waals surface area contributed by atoms with E-state index in [0.29, 0.717) is 22.5 Å². The summed E-state index contributed by atoms with van der Waals surface area (Å²) >= 11 is 5.85. The topological polar surface area (TPSA) is 102 Å². The molecule has 1 saturated carbocycles. The number of carbonyl (C=O) groups is 1. The van der Waals surface area contributed by atoms with Gasteiger partial charge in [-0.2, -0.15) is 4.98 Å². The predicted octanol–water partition coefficient (Wildman–Crippen LogP) is 3.64. The number of hydrogen-bond acceptors (Lipinski definition) is 7. The summed E-state index contributed by atoms with van der Waals surface area (Å²) in [4.78, 5) is 28.9. The number of fused-ring (bicyclic) bond motifs is 1. The average molecular weight is 431 g/mol. The van der Waals surface area contributed by atoms with E-state index >= 15 is 0 Å². The lowest BCUT2D eigenvalue weighted by molar-refractivity contribution is -0.125. The minimum Gasteiger partial charge on any atom is -0.460 e. The zero-order valence-corrected chi connectivity index (χ0v) is 17.0. The molecule has 1 aliphatic rings. The molecule has 0 bridgehead atoms. The second-order valence-electron chi connectivity index (χ2n) is 7.07. The fraction of sp³-hybridized carbons (Fsp3) is 0.350. The maximum Gasteiger partial charge on any atom is 0.317 e. The highest BCUT2D eigenvalue weighted by Crippen LogP contribution is 2.29. The Morgan fingerprint density at radius 3 is 2.73 bits per heavy atom. The second kappa shape index (κ2) is 8.74. The van der Waals surface area contributed by atoms with Crippen molar-refractivity contribution in [3.63, 3.8) is 0 Å². The van der Waals surface area contributed by atoms with Crippen LogP contribution in [0.2, 0.25) is 5.02 Å². The third-order valence-electron chi connectivity index (χ3n) is 5.10. The summed E-state index contributed by atoms with van der Waals surface area (Å²) in [6.07, 6.45) is 5.94. The van der Waals surface area contributed by atoms with Crippen molar-refractivity contribution in [2.75, 3.05) is 12.4 Å². The van der Waals surface area contributed by atoms with E-state index in [1.165, 1.54) is 18.5 Å². The lowest BCUT2D eigenvalue weighted by Gasteiger charge is -2.27. The molecule has 2 aromatic heterocycles. The second-order valence-corrected chi connectivity index (χ2v) is 7.48. The molecular weight excluding hydrogens is 411 g/mol. The maximum atomic E-state index is 13.4. The summed E-state index contributed by atoms with van der Waals surface area (Å²) in [6, 6.07) is 4.51. The molecule has 1 fully saturated rings. The van der Waals surface area contributed by atoms with Crippen LogP contribution >= 0.6 is 11.6 Å². The van der Waals surface area contributed by atoms with Crippen molar-refractivity contribution in [2.45, 2.75) is 31.8 Å². The zero-order valence-electron chi connectivity index (χ0n) is 16.2. The molecule has 0 atom stereocenters. The van der Waals surface area contributed by atoms with Gasteiger partial charge in [-0.05, 0) is 43.9 Å². The molecule has 4 rings (SSSR count). The Labute approximate surface area is 177 Å². The largest absolute Gasteiger partial charge is 0.460 e. The number of halogens is 2. The van der Waals surface area contributed by atoms with E-state index in [1.54, 1.807) is 19.3 Å². The van der Waals surface area contributed by atoms with Gasteiger partial charge in [0.1, 0.15) is 29.3 Å². The average Bonchev–Trinajstić information content (AvgIpc) is 2.77. The van der Waals surface area contributed by atoms with Crippen molar-refractivity contribution < 1.29 is 13.9 Å². The Balaban J connectivity index is 1.51. The van der Waals surface area contributed by atoms with Crippen LogP contribution in [-0.4, -0.2) is 39.0 Å². The molecule has 10 heteroatoms. The number of nitrogens with zero attached hydrogens (tertiary/aromatic N) is 4. The van der Waals surface area contributed by atoms with E-state index in [1.807, 2.05) is 0 Å². The first-order valence-corrected chi connectivity index (χ1v) is 9.99. The van der Waals surface area contributed by atoms with Crippen LogP contribution in [0.3, 0.4) is 0 Å². The van der Waals surface area contributed by atoms with Crippen LogP contribution < -0.4 is 15.4 Å². The first-order valence-electron chi connectivity index (χ1n) is 9.61.